The highest BCUT2D eigenvalue weighted by Crippen LogP contribution is 2.61. The molecule has 3 nitrogen and oxygen atoms in total. The van der Waals surface area contributed by atoms with E-state index in [0.717, 1.165) is 17.6 Å². The Labute approximate surface area is 256 Å². The Morgan fingerprint density at radius 3 is 2.09 bits per heavy atom. The van der Waals surface area contributed by atoms with E-state index in [1.165, 1.54) is 86.6 Å². The molecule has 44 heavy (non-hydrogen) atoms. The van der Waals surface area contributed by atoms with Crippen molar-refractivity contribution in [2.75, 3.05) is 4.90 Å². The van der Waals surface area contributed by atoms with Crippen LogP contribution >= 0.6 is 0 Å². The van der Waals surface area contributed by atoms with Crippen molar-refractivity contribution in [1.29, 1.82) is 0 Å². The zero-order valence-corrected chi connectivity index (χ0v) is 24.5. The molecule has 1 aliphatic heterocycles. The van der Waals surface area contributed by atoms with Crippen LogP contribution in [0.15, 0.2) is 138 Å². The van der Waals surface area contributed by atoms with Crippen LogP contribution in [0.25, 0.3) is 49.4 Å². The van der Waals surface area contributed by atoms with Gasteiger partial charge in [0.25, 0.3) is 0 Å². The summed E-state index contributed by atoms with van der Waals surface area (Å²) in [5, 5.41) is 5.04. The van der Waals surface area contributed by atoms with Crippen LogP contribution < -0.4 is 4.90 Å². The van der Waals surface area contributed by atoms with Gasteiger partial charge in [-0.3, -0.25) is 0 Å². The Morgan fingerprint density at radius 2 is 1.34 bits per heavy atom. The number of hydrogen-bond donors (Lipinski definition) is 0. The third-order valence-corrected chi connectivity index (χ3v) is 10.8. The number of hydrogen-bond acceptors (Lipinski definition) is 2. The molecule has 1 spiro atoms. The molecule has 0 amide bonds. The molecule has 3 heteroatoms. The molecule has 5 aromatic carbocycles. The summed E-state index contributed by atoms with van der Waals surface area (Å²) in [5.41, 5.74) is 11.5. The molecular weight excluding hydrogens is 536 g/mol. The van der Waals surface area contributed by atoms with Gasteiger partial charge >= 0.3 is 0 Å². The number of anilines is 2. The van der Waals surface area contributed by atoms with E-state index in [-0.39, 0.29) is 5.41 Å². The minimum atomic E-state index is 0.0829. The summed E-state index contributed by atoms with van der Waals surface area (Å²) in [6.07, 6.45) is 10.8. The lowest BCUT2D eigenvalue weighted by atomic mass is 9.62. The highest BCUT2D eigenvalue weighted by Gasteiger charge is 2.51. The number of para-hydroxylation sites is 4. The smallest absolute Gasteiger partial charge is 0.145 e. The first-order valence-corrected chi connectivity index (χ1v) is 16.0. The van der Waals surface area contributed by atoms with Gasteiger partial charge in [0, 0.05) is 50.3 Å². The zero-order valence-electron chi connectivity index (χ0n) is 24.5. The fourth-order valence-electron chi connectivity index (χ4n) is 8.98. The Hall–Kier alpha value is -5.02. The maximum Gasteiger partial charge on any atom is 0.145 e. The predicted molar refractivity (Wildman–Crippen MR) is 182 cm³/mol. The minimum absolute atomic E-state index is 0.0829. The number of allylic oxidation sites excluding steroid dienone is 4. The van der Waals surface area contributed by atoms with Crippen molar-refractivity contribution in [2.24, 2.45) is 5.92 Å². The van der Waals surface area contributed by atoms with E-state index in [9.17, 15) is 0 Å². The van der Waals surface area contributed by atoms with Gasteiger partial charge in [0.1, 0.15) is 11.2 Å². The number of nitrogens with zero attached hydrogens (tertiary/aromatic N) is 2. The van der Waals surface area contributed by atoms with Gasteiger partial charge in [0.2, 0.25) is 0 Å². The summed E-state index contributed by atoms with van der Waals surface area (Å²) >= 11 is 0. The molecule has 1 unspecified atom stereocenters. The van der Waals surface area contributed by atoms with Crippen LogP contribution in [0.5, 0.6) is 0 Å². The van der Waals surface area contributed by atoms with E-state index in [0.29, 0.717) is 5.92 Å². The number of aromatic nitrogens is 1. The first kappa shape index (κ1) is 24.4. The summed E-state index contributed by atoms with van der Waals surface area (Å²) in [7, 11) is 0. The van der Waals surface area contributed by atoms with Crippen LogP contribution in [-0.4, -0.2) is 4.57 Å². The Morgan fingerprint density at radius 1 is 0.682 bits per heavy atom. The summed E-state index contributed by atoms with van der Waals surface area (Å²) in [6, 6.07) is 41.8. The summed E-state index contributed by atoms with van der Waals surface area (Å²) in [5.74, 6) is 0.377. The number of fused-ring (bicyclic) bond motifs is 11. The highest BCUT2D eigenvalue weighted by molar-refractivity contribution is 6.25. The fraction of sp³-hybridized carbons (Fsp3) is 0.171. The first-order chi connectivity index (χ1) is 21.8. The van der Waals surface area contributed by atoms with Crippen LogP contribution in [0.3, 0.4) is 0 Å². The van der Waals surface area contributed by atoms with Crippen molar-refractivity contribution in [3.8, 4) is 0 Å². The lowest BCUT2D eigenvalue weighted by Crippen LogP contribution is -2.40. The molecule has 3 heterocycles. The molecule has 2 aromatic heterocycles. The lowest BCUT2D eigenvalue weighted by molar-refractivity contribution is 0.317. The quantitative estimate of drug-likeness (QED) is 0.211. The second-order valence-corrected chi connectivity index (χ2v) is 12.9. The van der Waals surface area contributed by atoms with Gasteiger partial charge in [-0.2, -0.15) is 0 Å². The SMILES string of the molecule is C1=C(N(c2ccccc2)c2ccccc2)CC2C(=C1)n1c3ccccc3c3c4oc5ccccc5c4cc(c31)C21CCCC1. The summed E-state index contributed by atoms with van der Waals surface area (Å²) in [6.45, 7) is 0. The molecule has 0 bridgehead atoms. The number of benzene rings is 5. The number of furan rings is 1. The van der Waals surface area contributed by atoms with E-state index < -0.39 is 0 Å². The second-order valence-electron chi connectivity index (χ2n) is 12.9. The Kier molecular flexibility index (Phi) is 4.99. The van der Waals surface area contributed by atoms with Crippen molar-refractivity contribution in [3.05, 3.63) is 139 Å². The summed E-state index contributed by atoms with van der Waals surface area (Å²) < 4.78 is 9.29. The molecule has 1 fully saturated rings. The van der Waals surface area contributed by atoms with Crippen molar-refractivity contribution < 1.29 is 4.42 Å². The molecule has 1 saturated carbocycles. The third-order valence-electron chi connectivity index (χ3n) is 10.8. The molecule has 212 valence electrons. The molecule has 0 saturated heterocycles. The van der Waals surface area contributed by atoms with Crippen LogP contribution in [0.2, 0.25) is 0 Å². The van der Waals surface area contributed by atoms with Gasteiger partial charge in [0.05, 0.1) is 16.4 Å². The van der Waals surface area contributed by atoms with Crippen LogP contribution in [0.1, 0.15) is 37.7 Å². The normalized spacial score (nSPS) is 18.7. The van der Waals surface area contributed by atoms with Gasteiger partial charge in [-0.1, -0.05) is 85.6 Å². The first-order valence-electron chi connectivity index (χ1n) is 16.0. The van der Waals surface area contributed by atoms with E-state index in [4.69, 9.17) is 4.42 Å². The molecule has 0 N–H and O–H groups in total. The number of rotatable bonds is 3. The van der Waals surface area contributed by atoms with Gasteiger partial charge in [-0.05, 0) is 79.4 Å². The van der Waals surface area contributed by atoms with E-state index >= 15 is 0 Å². The van der Waals surface area contributed by atoms with Crippen LogP contribution in [-0.2, 0) is 5.41 Å². The minimum Gasteiger partial charge on any atom is -0.455 e. The van der Waals surface area contributed by atoms with E-state index in [1.54, 1.807) is 0 Å². The molecule has 0 radical (unpaired) electrons. The van der Waals surface area contributed by atoms with Gasteiger partial charge in [0.15, 0.2) is 0 Å². The van der Waals surface area contributed by atoms with Crippen molar-refractivity contribution in [1.82, 2.24) is 4.57 Å². The van der Waals surface area contributed by atoms with Crippen molar-refractivity contribution in [2.45, 2.75) is 37.5 Å². The molecular formula is C41H32N2O. The molecule has 7 aromatic rings. The van der Waals surface area contributed by atoms with E-state index in [1.807, 2.05) is 0 Å². The van der Waals surface area contributed by atoms with Gasteiger partial charge in [-0.25, -0.2) is 0 Å². The molecule has 3 aliphatic rings. The summed E-state index contributed by atoms with van der Waals surface area (Å²) in [4.78, 5) is 2.47. The zero-order chi connectivity index (χ0) is 28.8. The monoisotopic (exact) mass is 568 g/mol. The van der Waals surface area contributed by atoms with Gasteiger partial charge in [-0.15, -0.1) is 0 Å². The third kappa shape index (κ3) is 3.17. The molecule has 1 atom stereocenters. The Bertz CT molecular complexity index is 2270. The maximum absolute atomic E-state index is 6.69. The maximum atomic E-state index is 6.69. The second kappa shape index (κ2) is 9.00. The molecule has 10 rings (SSSR count). The van der Waals surface area contributed by atoms with Crippen LogP contribution in [0, 0.1) is 5.92 Å². The van der Waals surface area contributed by atoms with Gasteiger partial charge < -0.3 is 13.9 Å². The lowest BCUT2D eigenvalue weighted by Gasteiger charge is -2.47. The van der Waals surface area contributed by atoms with E-state index in [2.05, 4.69) is 137 Å². The van der Waals surface area contributed by atoms with Crippen molar-refractivity contribution >= 4 is 60.8 Å². The Balaban J connectivity index is 1.29. The largest absolute Gasteiger partial charge is 0.455 e. The predicted octanol–water partition coefficient (Wildman–Crippen LogP) is 11.1. The average Bonchev–Trinajstić information content (AvgIpc) is 3.80. The average molecular weight is 569 g/mol. The fourth-order valence-corrected chi connectivity index (χ4v) is 8.98. The standard InChI is InChI=1S/C41H32N2O/c1-3-13-27(14-4-1)42(28-15-5-2-6-16-28)29-21-22-36-33(25-29)41(23-11-12-24-41)34-26-32-30-17-8-10-20-37(30)44-40(32)38-31-18-7-9-19-35(31)43(36)39(34)38/h1-10,13-22,26,33H,11-12,23-25H2. The molecule has 2 aliphatic carbocycles. The van der Waals surface area contributed by atoms with Crippen molar-refractivity contribution in [3.63, 3.8) is 0 Å². The van der Waals surface area contributed by atoms with Crippen LogP contribution in [0.4, 0.5) is 11.4 Å². The highest BCUT2D eigenvalue weighted by atomic mass is 16.3. The topological polar surface area (TPSA) is 21.3 Å².